The van der Waals surface area contributed by atoms with Gasteiger partial charge in [-0.25, -0.2) is 4.79 Å². The lowest BCUT2D eigenvalue weighted by Crippen LogP contribution is -2.10. The van der Waals surface area contributed by atoms with Crippen LogP contribution in [-0.2, 0) is 14.3 Å². The van der Waals surface area contributed by atoms with Crippen molar-refractivity contribution in [2.24, 2.45) is 0 Å². The number of hydrogen-bond donors (Lipinski definition) is 0. The van der Waals surface area contributed by atoms with Gasteiger partial charge in [-0.1, -0.05) is 0 Å². The predicted molar refractivity (Wildman–Crippen MR) is 76.4 cm³/mol. The van der Waals surface area contributed by atoms with E-state index in [1.165, 1.54) is 20.5 Å². The first-order valence-electron chi connectivity index (χ1n) is 6.26. The third-order valence-electron chi connectivity index (χ3n) is 2.86. The standard InChI is InChI=1S/C15H17NO4/c1-4-20-12-6-5-11-7-8-16(13(11)9-12)14(10-18-2)15(17)19-3/h5-10H,4H2,1-3H3/b14-10-. The molecule has 106 valence electrons. The van der Waals surface area contributed by atoms with E-state index in [4.69, 9.17) is 14.2 Å². The van der Waals surface area contributed by atoms with Crippen molar-refractivity contribution < 1.29 is 19.0 Å². The predicted octanol–water partition coefficient (Wildman–Crippen LogP) is 2.66. The van der Waals surface area contributed by atoms with Crippen molar-refractivity contribution in [3.8, 4) is 5.75 Å². The molecule has 0 amide bonds. The summed E-state index contributed by atoms with van der Waals surface area (Å²) in [6, 6.07) is 7.63. The molecule has 2 aromatic rings. The molecule has 1 heterocycles. The largest absolute Gasteiger partial charge is 0.502 e. The van der Waals surface area contributed by atoms with E-state index in [1.54, 1.807) is 10.8 Å². The van der Waals surface area contributed by atoms with Crippen LogP contribution in [0, 0.1) is 0 Å². The van der Waals surface area contributed by atoms with Gasteiger partial charge in [-0.15, -0.1) is 0 Å². The molecule has 0 N–H and O–H groups in total. The Morgan fingerprint density at radius 3 is 2.75 bits per heavy atom. The fourth-order valence-corrected chi connectivity index (χ4v) is 1.99. The van der Waals surface area contributed by atoms with E-state index >= 15 is 0 Å². The number of methoxy groups -OCH3 is 2. The van der Waals surface area contributed by atoms with Crippen LogP contribution >= 0.6 is 0 Å². The first-order valence-corrected chi connectivity index (χ1v) is 6.26. The molecule has 0 aliphatic rings. The molecule has 0 spiro atoms. The van der Waals surface area contributed by atoms with E-state index in [0.29, 0.717) is 12.3 Å². The molecule has 0 aliphatic heterocycles. The van der Waals surface area contributed by atoms with Crippen LogP contribution in [0.4, 0.5) is 0 Å². The SMILES string of the molecule is CCOc1ccc2ccn(/C(=C\OC)C(=O)OC)c2c1. The fraction of sp³-hybridized carbons (Fsp3) is 0.267. The normalized spacial score (nSPS) is 11.4. The smallest absolute Gasteiger partial charge is 0.358 e. The van der Waals surface area contributed by atoms with E-state index < -0.39 is 5.97 Å². The van der Waals surface area contributed by atoms with E-state index in [-0.39, 0.29) is 0 Å². The number of hydrogen-bond acceptors (Lipinski definition) is 4. The van der Waals surface area contributed by atoms with Crippen LogP contribution < -0.4 is 4.74 Å². The highest BCUT2D eigenvalue weighted by Gasteiger charge is 2.15. The minimum Gasteiger partial charge on any atom is -0.502 e. The van der Waals surface area contributed by atoms with Gasteiger partial charge in [0.25, 0.3) is 0 Å². The van der Waals surface area contributed by atoms with E-state index in [9.17, 15) is 4.79 Å². The molecule has 0 aliphatic carbocycles. The van der Waals surface area contributed by atoms with E-state index in [2.05, 4.69) is 0 Å². The van der Waals surface area contributed by atoms with Crippen molar-refractivity contribution in [2.75, 3.05) is 20.8 Å². The highest BCUT2D eigenvalue weighted by Crippen LogP contribution is 2.25. The van der Waals surface area contributed by atoms with Gasteiger partial charge in [0.15, 0.2) is 5.70 Å². The summed E-state index contributed by atoms with van der Waals surface area (Å²) in [4.78, 5) is 11.8. The Bertz CT molecular complexity index is 642. The second kappa shape index (κ2) is 6.14. The van der Waals surface area contributed by atoms with Crippen molar-refractivity contribution in [1.82, 2.24) is 4.57 Å². The van der Waals surface area contributed by atoms with Crippen LogP contribution in [0.25, 0.3) is 16.6 Å². The van der Waals surface area contributed by atoms with Gasteiger partial charge in [-0.2, -0.15) is 0 Å². The third kappa shape index (κ3) is 2.61. The Labute approximate surface area is 117 Å². The zero-order valence-corrected chi connectivity index (χ0v) is 11.8. The number of aromatic nitrogens is 1. The maximum absolute atomic E-state index is 11.8. The molecule has 0 saturated carbocycles. The van der Waals surface area contributed by atoms with Crippen LogP contribution in [-0.4, -0.2) is 31.4 Å². The average molecular weight is 275 g/mol. The minimum atomic E-state index is -0.467. The van der Waals surface area contributed by atoms with E-state index in [1.807, 2.05) is 31.2 Å². The zero-order valence-electron chi connectivity index (χ0n) is 11.8. The lowest BCUT2D eigenvalue weighted by atomic mass is 10.2. The highest BCUT2D eigenvalue weighted by atomic mass is 16.5. The molecular formula is C15H17NO4. The number of esters is 1. The molecule has 5 heteroatoms. The summed E-state index contributed by atoms with van der Waals surface area (Å²) in [6.45, 7) is 2.51. The first-order chi connectivity index (χ1) is 9.71. The van der Waals surface area contributed by atoms with Gasteiger partial charge in [0.05, 0.1) is 26.3 Å². The molecule has 0 fully saturated rings. The molecule has 20 heavy (non-hydrogen) atoms. The summed E-state index contributed by atoms with van der Waals surface area (Å²) < 4.78 is 16.9. The minimum absolute atomic E-state index is 0.304. The molecule has 0 unspecified atom stereocenters. The first kappa shape index (κ1) is 14.0. The number of ether oxygens (including phenoxy) is 3. The number of benzene rings is 1. The molecule has 2 rings (SSSR count). The van der Waals surface area contributed by atoms with Crippen LogP contribution in [0.3, 0.4) is 0 Å². The number of carbonyl (C=O) groups is 1. The van der Waals surface area contributed by atoms with Crippen molar-refractivity contribution in [3.63, 3.8) is 0 Å². The quantitative estimate of drug-likeness (QED) is 0.478. The van der Waals surface area contributed by atoms with Gasteiger partial charge in [0.2, 0.25) is 0 Å². The Morgan fingerprint density at radius 2 is 2.10 bits per heavy atom. The number of nitrogens with zero attached hydrogens (tertiary/aromatic N) is 1. The summed E-state index contributed by atoms with van der Waals surface area (Å²) in [5.41, 5.74) is 1.16. The number of rotatable bonds is 5. The Hall–Kier alpha value is -2.43. The van der Waals surface area contributed by atoms with Gasteiger partial charge in [0.1, 0.15) is 12.0 Å². The molecule has 5 nitrogen and oxygen atoms in total. The molecule has 0 bridgehead atoms. The summed E-state index contributed by atoms with van der Waals surface area (Å²) in [5, 5.41) is 0.999. The van der Waals surface area contributed by atoms with Crippen LogP contribution in [0.15, 0.2) is 36.7 Å². The lowest BCUT2D eigenvalue weighted by Gasteiger charge is -2.09. The van der Waals surface area contributed by atoms with Crippen molar-refractivity contribution in [1.29, 1.82) is 0 Å². The monoisotopic (exact) mass is 275 g/mol. The zero-order chi connectivity index (χ0) is 14.5. The van der Waals surface area contributed by atoms with Gasteiger partial charge in [0, 0.05) is 17.6 Å². The highest BCUT2D eigenvalue weighted by molar-refractivity contribution is 6.11. The van der Waals surface area contributed by atoms with E-state index in [0.717, 1.165) is 16.7 Å². The molecule has 1 aromatic heterocycles. The molecule has 0 saturated heterocycles. The Balaban J connectivity index is 2.54. The van der Waals surface area contributed by atoms with Gasteiger partial charge in [-0.05, 0) is 25.1 Å². The third-order valence-corrected chi connectivity index (χ3v) is 2.86. The maximum Gasteiger partial charge on any atom is 0.358 e. The average Bonchev–Trinajstić information content (AvgIpc) is 2.87. The van der Waals surface area contributed by atoms with Gasteiger partial charge >= 0.3 is 5.97 Å². The summed E-state index contributed by atoms with van der Waals surface area (Å²) in [6.07, 6.45) is 3.15. The molecule has 0 radical (unpaired) electrons. The fourth-order valence-electron chi connectivity index (χ4n) is 1.99. The Kier molecular flexibility index (Phi) is 4.30. The molecular weight excluding hydrogens is 258 g/mol. The topological polar surface area (TPSA) is 49.7 Å². The molecule has 1 aromatic carbocycles. The lowest BCUT2D eigenvalue weighted by molar-refractivity contribution is -0.134. The van der Waals surface area contributed by atoms with Crippen LogP contribution in [0.2, 0.25) is 0 Å². The van der Waals surface area contributed by atoms with Crippen molar-refractivity contribution >= 4 is 22.6 Å². The van der Waals surface area contributed by atoms with Gasteiger partial charge in [-0.3, -0.25) is 0 Å². The van der Waals surface area contributed by atoms with Crippen LogP contribution in [0.1, 0.15) is 6.92 Å². The van der Waals surface area contributed by atoms with Crippen molar-refractivity contribution in [3.05, 3.63) is 36.7 Å². The molecule has 0 atom stereocenters. The summed E-state index contributed by atoms with van der Waals surface area (Å²) in [7, 11) is 2.82. The number of fused-ring (bicyclic) bond motifs is 1. The van der Waals surface area contributed by atoms with Gasteiger partial charge < -0.3 is 18.8 Å². The number of carbonyl (C=O) groups excluding carboxylic acids is 1. The summed E-state index contributed by atoms with van der Waals surface area (Å²) >= 11 is 0. The Morgan fingerprint density at radius 1 is 1.30 bits per heavy atom. The second-order valence-electron chi connectivity index (χ2n) is 4.07. The summed E-state index contributed by atoms with van der Waals surface area (Å²) in [5.74, 6) is 0.285. The second-order valence-corrected chi connectivity index (χ2v) is 4.07. The maximum atomic E-state index is 11.8. The van der Waals surface area contributed by atoms with Crippen LogP contribution in [0.5, 0.6) is 5.75 Å². The van der Waals surface area contributed by atoms with Crippen molar-refractivity contribution in [2.45, 2.75) is 6.92 Å².